The lowest BCUT2D eigenvalue weighted by molar-refractivity contribution is -0.384. The first-order chi connectivity index (χ1) is 9.90. The van der Waals surface area contributed by atoms with Gasteiger partial charge in [-0.1, -0.05) is 12.1 Å². The Morgan fingerprint density at radius 2 is 1.95 bits per heavy atom. The number of nitro groups is 1. The van der Waals surface area contributed by atoms with Crippen LogP contribution in [0.2, 0.25) is 0 Å². The number of hydrogen-bond donors (Lipinski definition) is 2. The summed E-state index contributed by atoms with van der Waals surface area (Å²) in [5, 5.41) is 22.5. The summed E-state index contributed by atoms with van der Waals surface area (Å²) in [6.45, 7) is 0. The van der Waals surface area contributed by atoms with Crippen LogP contribution < -0.4 is 5.32 Å². The third kappa shape index (κ3) is 3.16. The average molecular weight is 355 g/mol. The molecule has 0 aliphatic carbocycles. The van der Waals surface area contributed by atoms with Gasteiger partial charge in [-0.3, -0.25) is 10.1 Å². The SMILES string of the molecule is O=C(O)c1cc([N+](=O)[O-])c(Nc2ccccc2Br)cc1F. The first-order valence-electron chi connectivity index (χ1n) is 5.63. The van der Waals surface area contributed by atoms with Crippen molar-refractivity contribution in [1.29, 1.82) is 0 Å². The molecule has 8 heteroatoms. The minimum absolute atomic E-state index is 0.130. The van der Waals surface area contributed by atoms with Crippen LogP contribution in [0.1, 0.15) is 10.4 Å². The van der Waals surface area contributed by atoms with E-state index in [1.807, 2.05) is 0 Å². The van der Waals surface area contributed by atoms with Crippen molar-refractivity contribution in [1.82, 2.24) is 0 Å². The number of carboxylic acid groups (broad SMARTS) is 1. The van der Waals surface area contributed by atoms with E-state index in [4.69, 9.17) is 5.11 Å². The fourth-order valence-electron chi connectivity index (χ4n) is 1.68. The van der Waals surface area contributed by atoms with Crippen LogP contribution in [0.4, 0.5) is 21.5 Å². The van der Waals surface area contributed by atoms with Crippen LogP contribution in [0.5, 0.6) is 0 Å². The lowest BCUT2D eigenvalue weighted by atomic mass is 10.1. The predicted molar refractivity (Wildman–Crippen MR) is 77.4 cm³/mol. The zero-order valence-corrected chi connectivity index (χ0v) is 11.9. The Labute approximate surface area is 126 Å². The van der Waals surface area contributed by atoms with Crippen LogP contribution in [0.3, 0.4) is 0 Å². The van der Waals surface area contributed by atoms with Crippen LogP contribution in [-0.2, 0) is 0 Å². The molecule has 0 saturated heterocycles. The second-order valence-electron chi connectivity index (χ2n) is 4.02. The van der Waals surface area contributed by atoms with Crippen LogP contribution in [-0.4, -0.2) is 16.0 Å². The number of nitrogens with one attached hydrogen (secondary N) is 1. The maximum absolute atomic E-state index is 13.7. The van der Waals surface area contributed by atoms with Gasteiger partial charge in [0.25, 0.3) is 5.69 Å². The Kier molecular flexibility index (Phi) is 4.18. The summed E-state index contributed by atoms with van der Waals surface area (Å²) >= 11 is 3.25. The number of carboxylic acids is 1. The molecule has 0 radical (unpaired) electrons. The first-order valence-corrected chi connectivity index (χ1v) is 6.42. The number of carbonyl (C=O) groups is 1. The van der Waals surface area contributed by atoms with Gasteiger partial charge in [0.2, 0.25) is 0 Å². The maximum Gasteiger partial charge on any atom is 0.338 e. The molecular weight excluding hydrogens is 347 g/mol. The van der Waals surface area contributed by atoms with Crippen LogP contribution in [0.15, 0.2) is 40.9 Å². The summed E-state index contributed by atoms with van der Waals surface area (Å²) < 4.78 is 14.3. The number of rotatable bonds is 4. The van der Waals surface area contributed by atoms with Crippen molar-refractivity contribution in [3.05, 3.63) is 62.4 Å². The molecule has 108 valence electrons. The molecule has 0 aliphatic heterocycles. The van der Waals surface area contributed by atoms with E-state index < -0.39 is 28.0 Å². The van der Waals surface area contributed by atoms with E-state index >= 15 is 0 Å². The molecule has 0 unspecified atom stereocenters. The summed E-state index contributed by atoms with van der Waals surface area (Å²) in [6.07, 6.45) is 0. The van der Waals surface area contributed by atoms with Gasteiger partial charge in [-0.2, -0.15) is 0 Å². The molecule has 6 nitrogen and oxygen atoms in total. The van der Waals surface area contributed by atoms with Crippen LogP contribution in [0, 0.1) is 15.9 Å². The standard InChI is InChI=1S/C13H8BrFN2O4/c14-8-3-1-2-4-10(8)16-11-6-9(15)7(13(18)19)5-12(11)17(20)21/h1-6,16H,(H,18,19). The Morgan fingerprint density at radius 3 is 2.52 bits per heavy atom. The zero-order valence-electron chi connectivity index (χ0n) is 10.3. The number of anilines is 2. The van der Waals surface area contributed by atoms with Gasteiger partial charge in [0.15, 0.2) is 0 Å². The quantitative estimate of drug-likeness (QED) is 0.640. The van der Waals surface area contributed by atoms with E-state index in [2.05, 4.69) is 21.2 Å². The molecular formula is C13H8BrFN2O4. The molecule has 0 aromatic heterocycles. The van der Waals surface area contributed by atoms with Crippen molar-refractivity contribution in [2.24, 2.45) is 0 Å². The number of hydrogen-bond acceptors (Lipinski definition) is 4. The van der Waals surface area contributed by atoms with Crippen molar-refractivity contribution in [2.45, 2.75) is 0 Å². The van der Waals surface area contributed by atoms with E-state index in [1.165, 1.54) is 0 Å². The molecule has 0 fully saturated rings. The van der Waals surface area contributed by atoms with E-state index in [0.29, 0.717) is 16.2 Å². The van der Waals surface area contributed by atoms with Gasteiger partial charge in [0.1, 0.15) is 17.1 Å². The van der Waals surface area contributed by atoms with E-state index in [9.17, 15) is 19.3 Å². The van der Waals surface area contributed by atoms with Crippen LogP contribution in [0.25, 0.3) is 0 Å². The van der Waals surface area contributed by atoms with E-state index in [1.54, 1.807) is 24.3 Å². The van der Waals surface area contributed by atoms with E-state index in [-0.39, 0.29) is 5.69 Å². The molecule has 2 N–H and O–H groups in total. The highest BCUT2D eigenvalue weighted by molar-refractivity contribution is 9.10. The molecule has 2 aromatic rings. The fourth-order valence-corrected chi connectivity index (χ4v) is 2.07. The smallest absolute Gasteiger partial charge is 0.338 e. The minimum atomic E-state index is -1.57. The van der Waals surface area contributed by atoms with Crippen molar-refractivity contribution < 1.29 is 19.2 Å². The highest BCUT2D eigenvalue weighted by atomic mass is 79.9. The van der Waals surface area contributed by atoms with Gasteiger partial charge < -0.3 is 10.4 Å². The van der Waals surface area contributed by atoms with E-state index in [0.717, 1.165) is 6.07 Å². The molecule has 2 aromatic carbocycles. The van der Waals surface area contributed by atoms with Gasteiger partial charge in [0, 0.05) is 16.6 Å². The fraction of sp³-hybridized carbons (Fsp3) is 0. The Hall–Kier alpha value is -2.48. The van der Waals surface area contributed by atoms with Gasteiger partial charge in [-0.15, -0.1) is 0 Å². The highest BCUT2D eigenvalue weighted by Gasteiger charge is 2.22. The van der Waals surface area contributed by atoms with Crippen molar-refractivity contribution in [3.63, 3.8) is 0 Å². The number of halogens is 2. The Balaban J connectivity index is 2.53. The summed E-state index contributed by atoms with van der Waals surface area (Å²) in [4.78, 5) is 21.1. The second-order valence-corrected chi connectivity index (χ2v) is 4.87. The average Bonchev–Trinajstić information content (AvgIpc) is 2.40. The Morgan fingerprint density at radius 1 is 1.29 bits per heavy atom. The summed E-state index contributed by atoms with van der Waals surface area (Å²) in [7, 11) is 0. The molecule has 2 rings (SSSR count). The normalized spacial score (nSPS) is 10.2. The second kappa shape index (κ2) is 5.88. The number of aromatic carboxylic acids is 1. The lowest BCUT2D eigenvalue weighted by Gasteiger charge is -2.10. The Bertz CT molecular complexity index is 736. The monoisotopic (exact) mass is 354 g/mol. The molecule has 0 atom stereocenters. The number of nitro benzene ring substituents is 1. The number of benzene rings is 2. The van der Waals surface area contributed by atoms with Crippen LogP contribution >= 0.6 is 15.9 Å². The summed E-state index contributed by atoms with van der Waals surface area (Å²) in [5.74, 6) is -2.62. The highest BCUT2D eigenvalue weighted by Crippen LogP contribution is 2.33. The molecule has 21 heavy (non-hydrogen) atoms. The topological polar surface area (TPSA) is 92.5 Å². The third-order valence-corrected chi connectivity index (χ3v) is 3.35. The number of nitrogens with zero attached hydrogens (tertiary/aromatic N) is 1. The first kappa shape index (κ1) is 14.9. The van der Waals surface area contributed by atoms with Gasteiger partial charge >= 0.3 is 5.97 Å². The van der Waals surface area contributed by atoms with Gasteiger partial charge in [-0.25, -0.2) is 9.18 Å². The van der Waals surface area contributed by atoms with Gasteiger partial charge in [-0.05, 0) is 28.1 Å². The molecule has 0 aliphatic rings. The molecule has 0 spiro atoms. The summed E-state index contributed by atoms with van der Waals surface area (Å²) in [5.41, 5.74) is -0.915. The largest absolute Gasteiger partial charge is 0.478 e. The molecule has 0 saturated carbocycles. The molecule has 0 amide bonds. The predicted octanol–water partition coefficient (Wildman–Crippen LogP) is 3.94. The number of para-hydroxylation sites is 1. The summed E-state index contributed by atoms with van der Waals surface area (Å²) in [6, 6.07) is 8.27. The molecule has 0 bridgehead atoms. The van der Waals surface area contributed by atoms with Gasteiger partial charge in [0.05, 0.1) is 10.6 Å². The minimum Gasteiger partial charge on any atom is -0.478 e. The van der Waals surface area contributed by atoms with Crippen molar-refractivity contribution in [3.8, 4) is 0 Å². The third-order valence-electron chi connectivity index (χ3n) is 2.66. The maximum atomic E-state index is 13.7. The lowest BCUT2D eigenvalue weighted by Crippen LogP contribution is -2.05. The zero-order chi connectivity index (χ0) is 15.6. The van der Waals surface area contributed by atoms with Crippen molar-refractivity contribution >= 4 is 39.0 Å². The van der Waals surface area contributed by atoms with Crippen molar-refractivity contribution in [2.75, 3.05) is 5.32 Å². The molecule has 0 heterocycles.